The molecule has 4 N–H and O–H groups in total. The first-order chi connectivity index (χ1) is 12.3. The summed E-state index contributed by atoms with van der Waals surface area (Å²) in [6, 6.07) is 0.430. The SMILES string of the molecule is O=C1N[C@H]2[C@@H]3OP(=O)([O-])O[C@@H]3[C@@H](O)[C@H](O)[C@@H]2c2cc3c(c(O)c21)OCO3.[Li+]. The Morgan fingerprint density at radius 1 is 1.19 bits per heavy atom. The Balaban J connectivity index is 0.00000180. The third kappa shape index (κ3) is 2.55. The molecule has 27 heavy (non-hydrogen) atoms. The van der Waals surface area contributed by atoms with Crippen LogP contribution in [0.4, 0.5) is 0 Å². The molecule has 1 aromatic carbocycles. The summed E-state index contributed by atoms with van der Waals surface area (Å²) in [6.07, 6.45) is -5.63. The molecule has 3 heterocycles. The molecule has 1 saturated heterocycles. The topological polar surface area (TPSA) is 167 Å². The van der Waals surface area contributed by atoms with Crippen LogP contribution in [0.2, 0.25) is 0 Å². The van der Waals surface area contributed by atoms with Crippen molar-refractivity contribution in [1.29, 1.82) is 0 Å². The van der Waals surface area contributed by atoms with E-state index in [1.807, 2.05) is 0 Å². The van der Waals surface area contributed by atoms with Crippen molar-refractivity contribution in [2.45, 2.75) is 36.4 Å². The summed E-state index contributed by atoms with van der Waals surface area (Å²) in [5.41, 5.74) is 0.0613. The number of aliphatic hydroxyl groups is 2. The van der Waals surface area contributed by atoms with Crippen LogP contribution < -0.4 is 38.5 Å². The molecule has 3 aliphatic heterocycles. The number of carbonyl (C=O) groups is 1. The van der Waals surface area contributed by atoms with Gasteiger partial charge in [-0.05, 0) is 11.6 Å². The molecule has 1 aromatic rings. The Bertz CT molecular complexity index is 880. The van der Waals surface area contributed by atoms with Gasteiger partial charge in [-0.3, -0.25) is 9.36 Å². The van der Waals surface area contributed by atoms with Crippen molar-refractivity contribution in [3.8, 4) is 17.2 Å². The predicted octanol–water partition coefficient (Wildman–Crippen LogP) is -4.69. The first-order valence-electron chi connectivity index (χ1n) is 7.79. The zero-order valence-electron chi connectivity index (χ0n) is 13.9. The molecule has 0 radical (unpaired) electrons. The third-order valence-corrected chi connectivity index (χ3v) is 6.18. The number of rotatable bonds is 0. The Morgan fingerprint density at radius 2 is 1.89 bits per heavy atom. The number of nitrogens with one attached hydrogen (secondary N) is 1. The number of ether oxygens (including phenoxy) is 2. The van der Waals surface area contributed by atoms with Gasteiger partial charge in [0.25, 0.3) is 13.7 Å². The van der Waals surface area contributed by atoms with Gasteiger partial charge in [-0.25, -0.2) is 0 Å². The molecule has 7 atom stereocenters. The Morgan fingerprint density at radius 3 is 2.63 bits per heavy atom. The summed E-state index contributed by atoms with van der Waals surface area (Å²) in [5, 5.41) is 33.8. The molecule has 11 nitrogen and oxygen atoms in total. The number of benzene rings is 1. The second-order valence-corrected chi connectivity index (χ2v) is 7.83. The number of amides is 1. The van der Waals surface area contributed by atoms with Crippen LogP contribution in [0.3, 0.4) is 0 Å². The second kappa shape index (κ2) is 6.11. The molecule has 1 unspecified atom stereocenters. The Kier molecular flexibility index (Phi) is 4.31. The number of hydrogen-bond acceptors (Lipinski definition) is 10. The van der Waals surface area contributed by atoms with Crippen LogP contribution in [0.15, 0.2) is 6.07 Å². The van der Waals surface area contributed by atoms with Gasteiger partial charge in [-0.2, -0.15) is 0 Å². The van der Waals surface area contributed by atoms with E-state index in [2.05, 4.69) is 5.32 Å². The van der Waals surface area contributed by atoms with Crippen molar-refractivity contribution in [2.24, 2.45) is 0 Å². The minimum absolute atomic E-state index is 0. The maximum Gasteiger partial charge on any atom is 1.00 e. The number of aromatic hydroxyl groups is 1. The van der Waals surface area contributed by atoms with Crippen molar-refractivity contribution in [3.05, 3.63) is 17.2 Å². The van der Waals surface area contributed by atoms with E-state index in [1.165, 1.54) is 6.07 Å². The van der Waals surface area contributed by atoms with Crippen LogP contribution in [0.25, 0.3) is 0 Å². The average Bonchev–Trinajstić information content (AvgIpc) is 3.16. The normalized spacial score (nSPS) is 41.1. The zero-order chi connectivity index (χ0) is 18.4. The molecule has 1 amide bonds. The number of phosphoric acid groups is 1. The monoisotopic (exact) mass is 393 g/mol. The van der Waals surface area contributed by atoms with Gasteiger partial charge in [0.2, 0.25) is 12.5 Å². The molecular weight excluding hydrogens is 380 g/mol. The van der Waals surface area contributed by atoms with Crippen molar-refractivity contribution >= 4 is 13.7 Å². The molecule has 0 spiro atoms. The van der Waals surface area contributed by atoms with Crippen LogP contribution in [-0.2, 0) is 13.6 Å². The molecule has 1 saturated carbocycles. The van der Waals surface area contributed by atoms with E-state index in [0.717, 1.165) is 0 Å². The van der Waals surface area contributed by atoms with Crippen LogP contribution in [-0.4, -0.2) is 58.5 Å². The Labute approximate surface area is 164 Å². The standard InChI is InChI=1S/C14H14NO10P.Li/c16-8-5-3-1-4-11(23-2-22-4)9(17)6(3)14(19)15-7(5)12-13(10(8)18)25-26(20,21)24-12;/h1,5,7-8,10,12-13,16-18H,2H2,(H,15,19)(H,20,21);/q;+1/p-1/t5-,7-,8-,10+,12+,13-;/m1./s1. The molecule has 2 fully saturated rings. The van der Waals surface area contributed by atoms with Crippen molar-refractivity contribution in [3.63, 3.8) is 0 Å². The largest absolute Gasteiger partial charge is 1.00 e. The van der Waals surface area contributed by atoms with Gasteiger partial charge in [0.15, 0.2) is 11.5 Å². The minimum Gasteiger partial charge on any atom is -0.756 e. The summed E-state index contributed by atoms with van der Waals surface area (Å²) < 4.78 is 31.7. The number of carbonyl (C=O) groups excluding carboxylic acids is 1. The summed E-state index contributed by atoms with van der Waals surface area (Å²) in [7, 11) is -4.67. The van der Waals surface area contributed by atoms with E-state index >= 15 is 0 Å². The molecule has 4 aliphatic rings. The number of aliphatic hydroxyl groups excluding tert-OH is 2. The van der Waals surface area contributed by atoms with Crippen LogP contribution >= 0.6 is 7.82 Å². The van der Waals surface area contributed by atoms with Gasteiger partial charge in [0, 0.05) is 5.92 Å². The van der Waals surface area contributed by atoms with E-state index in [9.17, 15) is 29.6 Å². The van der Waals surface area contributed by atoms with E-state index in [4.69, 9.17) is 18.5 Å². The van der Waals surface area contributed by atoms with Crippen molar-refractivity contribution in [2.75, 3.05) is 6.79 Å². The van der Waals surface area contributed by atoms with Crippen molar-refractivity contribution < 1.29 is 67.0 Å². The molecule has 0 bridgehead atoms. The molecule has 13 heteroatoms. The van der Waals surface area contributed by atoms with Gasteiger partial charge in [0.05, 0.1) is 17.7 Å². The van der Waals surface area contributed by atoms with E-state index in [1.54, 1.807) is 0 Å². The van der Waals surface area contributed by atoms with E-state index in [-0.39, 0.29) is 48.3 Å². The predicted molar refractivity (Wildman–Crippen MR) is 77.6 cm³/mol. The first kappa shape index (κ1) is 19.1. The van der Waals surface area contributed by atoms with Crippen LogP contribution in [0.1, 0.15) is 21.8 Å². The fraction of sp³-hybridized carbons (Fsp3) is 0.500. The molecular formula is C14H13LiNO10P. The summed E-state index contributed by atoms with van der Waals surface area (Å²) in [4.78, 5) is 24.2. The maximum atomic E-state index is 12.5. The summed E-state index contributed by atoms with van der Waals surface area (Å²) >= 11 is 0. The minimum atomic E-state index is -4.67. The second-order valence-electron chi connectivity index (χ2n) is 6.52. The quantitative estimate of drug-likeness (QED) is 0.248. The number of phenolic OH excluding ortho intramolecular Hbond substituents is 1. The number of phosphoric ester groups is 1. The molecule has 1 aliphatic carbocycles. The zero-order valence-corrected chi connectivity index (χ0v) is 14.8. The molecule has 140 valence electrons. The van der Waals surface area contributed by atoms with Gasteiger partial charge in [-0.1, -0.05) is 0 Å². The van der Waals surface area contributed by atoms with Crippen LogP contribution in [0, 0.1) is 0 Å². The summed E-state index contributed by atoms with van der Waals surface area (Å²) in [6.45, 7) is -0.145. The average molecular weight is 393 g/mol. The van der Waals surface area contributed by atoms with Gasteiger partial charge >= 0.3 is 18.9 Å². The smallest absolute Gasteiger partial charge is 0.756 e. The van der Waals surface area contributed by atoms with Crippen molar-refractivity contribution in [1.82, 2.24) is 5.32 Å². The Hall–Kier alpha value is -1.28. The van der Waals surface area contributed by atoms with Crippen LogP contribution in [0.5, 0.6) is 17.2 Å². The molecule has 0 aromatic heterocycles. The maximum absolute atomic E-state index is 12.5. The first-order valence-corrected chi connectivity index (χ1v) is 9.25. The number of fused-ring (bicyclic) bond motifs is 6. The number of hydrogen-bond donors (Lipinski definition) is 4. The van der Waals surface area contributed by atoms with Gasteiger partial charge < -0.3 is 44.1 Å². The van der Waals surface area contributed by atoms with E-state index < -0.39 is 55.9 Å². The number of phenols is 1. The van der Waals surface area contributed by atoms with E-state index in [0.29, 0.717) is 0 Å². The van der Waals surface area contributed by atoms with Gasteiger partial charge in [0.1, 0.15) is 18.3 Å². The fourth-order valence-electron chi connectivity index (χ4n) is 4.11. The summed E-state index contributed by atoms with van der Waals surface area (Å²) in [5.74, 6) is -1.92. The van der Waals surface area contributed by atoms with Gasteiger partial charge in [-0.15, -0.1) is 0 Å². The molecule has 5 rings (SSSR count). The fourth-order valence-corrected chi connectivity index (χ4v) is 5.25. The third-order valence-electron chi connectivity index (χ3n) is 5.17.